The molecule has 0 bridgehead atoms. The lowest BCUT2D eigenvalue weighted by molar-refractivity contribution is 0.0657. The van der Waals surface area contributed by atoms with E-state index in [1.807, 2.05) is 6.92 Å². The molecule has 0 saturated carbocycles. The summed E-state index contributed by atoms with van der Waals surface area (Å²) in [4.78, 5) is 12.2. The quantitative estimate of drug-likeness (QED) is 0.785. The van der Waals surface area contributed by atoms with E-state index in [2.05, 4.69) is 0 Å². The van der Waals surface area contributed by atoms with Crippen molar-refractivity contribution in [2.45, 2.75) is 39.3 Å². The van der Waals surface area contributed by atoms with Crippen molar-refractivity contribution in [3.05, 3.63) is 33.7 Å². The summed E-state index contributed by atoms with van der Waals surface area (Å²) in [5.41, 5.74) is 5.67. The van der Waals surface area contributed by atoms with Gasteiger partial charge in [-0.1, -0.05) is 12.2 Å². The predicted octanol–water partition coefficient (Wildman–Crippen LogP) is 0.952. The highest BCUT2D eigenvalue weighted by Gasteiger charge is 2.14. The number of nitrogens with zero attached hydrogens (tertiary/aromatic N) is 1. The van der Waals surface area contributed by atoms with Crippen molar-refractivity contribution in [3.8, 4) is 0 Å². The van der Waals surface area contributed by atoms with E-state index in [0.717, 1.165) is 5.69 Å². The van der Waals surface area contributed by atoms with Crippen LogP contribution in [0.2, 0.25) is 0 Å². The van der Waals surface area contributed by atoms with Crippen LogP contribution >= 0.6 is 12.2 Å². The van der Waals surface area contributed by atoms with Crippen LogP contribution in [0.1, 0.15) is 31.5 Å². The smallest absolute Gasteiger partial charge is 0.260 e. The Morgan fingerprint density at radius 3 is 2.59 bits per heavy atom. The zero-order valence-electron chi connectivity index (χ0n) is 10.4. The average Bonchev–Trinajstić information content (AvgIpc) is 2.14. The molecule has 4 nitrogen and oxygen atoms in total. The fourth-order valence-electron chi connectivity index (χ4n) is 1.52. The molecule has 1 heterocycles. The summed E-state index contributed by atoms with van der Waals surface area (Å²) >= 11 is 4.83. The summed E-state index contributed by atoms with van der Waals surface area (Å²) in [6, 6.07) is 3.45. The lowest BCUT2D eigenvalue weighted by atomic mass is 10.1. The summed E-state index contributed by atoms with van der Waals surface area (Å²) in [6.45, 7) is 5.72. The van der Waals surface area contributed by atoms with Crippen LogP contribution < -0.4 is 11.3 Å². The van der Waals surface area contributed by atoms with Crippen molar-refractivity contribution in [2.24, 2.45) is 5.73 Å². The van der Waals surface area contributed by atoms with Gasteiger partial charge in [0.25, 0.3) is 5.56 Å². The van der Waals surface area contributed by atoms with Crippen molar-refractivity contribution in [1.82, 2.24) is 4.57 Å². The van der Waals surface area contributed by atoms with Crippen molar-refractivity contribution in [2.75, 3.05) is 0 Å². The Morgan fingerprint density at radius 2 is 2.12 bits per heavy atom. The maximum Gasteiger partial charge on any atom is 0.260 e. The third kappa shape index (κ3) is 3.64. The number of hydrogen-bond acceptors (Lipinski definition) is 3. The molecule has 0 unspecified atom stereocenters. The molecule has 0 aliphatic rings. The first kappa shape index (κ1) is 13.9. The Kier molecular flexibility index (Phi) is 4.06. The molecule has 0 amide bonds. The zero-order valence-corrected chi connectivity index (χ0v) is 11.2. The van der Waals surface area contributed by atoms with Gasteiger partial charge in [-0.05, 0) is 39.3 Å². The van der Waals surface area contributed by atoms with Crippen LogP contribution in [0.4, 0.5) is 0 Å². The Morgan fingerprint density at radius 1 is 1.53 bits per heavy atom. The largest absolute Gasteiger partial charge is 0.390 e. The normalized spacial score (nSPS) is 11.5. The summed E-state index contributed by atoms with van der Waals surface area (Å²) in [7, 11) is 0. The van der Waals surface area contributed by atoms with E-state index in [0.29, 0.717) is 18.5 Å². The Labute approximate surface area is 106 Å². The van der Waals surface area contributed by atoms with Crippen LogP contribution in [-0.2, 0) is 6.54 Å². The van der Waals surface area contributed by atoms with Gasteiger partial charge >= 0.3 is 0 Å². The van der Waals surface area contributed by atoms with Crippen LogP contribution in [-0.4, -0.2) is 20.3 Å². The maximum atomic E-state index is 12.1. The standard InChI is InChI=1S/C12H18N2O2S/c1-8-4-5-9(10(13)17)11(15)14(8)7-6-12(2,3)16/h4-5,16H,6-7H2,1-3H3,(H2,13,17). The number of aryl methyl sites for hydroxylation is 1. The second-order valence-electron chi connectivity index (χ2n) is 4.77. The predicted molar refractivity (Wildman–Crippen MR) is 72.2 cm³/mol. The van der Waals surface area contributed by atoms with Crippen molar-refractivity contribution in [3.63, 3.8) is 0 Å². The lowest BCUT2D eigenvalue weighted by Crippen LogP contribution is -2.32. The van der Waals surface area contributed by atoms with E-state index in [1.54, 1.807) is 30.5 Å². The van der Waals surface area contributed by atoms with Crippen LogP contribution in [0, 0.1) is 6.92 Å². The van der Waals surface area contributed by atoms with Gasteiger partial charge in [-0.2, -0.15) is 0 Å². The van der Waals surface area contributed by atoms with E-state index >= 15 is 0 Å². The average molecular weight is 254 g/mol. The topological polar surface area (TPSA) is 68.2 Å². The molecule has 0 radical (unpaired) electrons. The van der Waals surface area contributed by atoms with Crippen LogP contribution in [0.25, 0.3) is 0 Å². The molecule has 5 heteroatoms. The van der Waals surface area contributed by atoms with Gasteiger partial charge < -0.3 is 15.4 Å². The van der Waals surface area contributed by atoms with Gasteiger partial charge in [0, 0.05) is 12.2 Å². The number of aliphatic hydroxyl groups is 1. The number of thiocarbonyl (C=S) groups is 1. The van der Waals surface area contributed by atoms with Crippen LogP contribution in [0.5, 0.6) is 0 Å². The summed E-state index contributed by atoms with van der Waals surface area (Å²) in [5.74, 6) is 0. The first-order valence-corrected chi connectivity index (χ1v) is 5.86. The number of rotatable bonds is 4. The van der Waals surface area contributed by atoms with Crippen molar-refractivity contribution in [1.29, 1.82) is 0 Å². The lowest BCUT2D eigenvalue weighted by Gasteiger charge is -2.19. The number of nitrogens with two attached hydrogens (primary N) is 1. The van der Waals surface area contributed by atoms with E-state index in [-0.39, 0.29) is 10.5 Å². The second kappa shape index (κ2) is 4.98. The van der Waals surface area contributed by atoms with Crippen molar-refractivity contribution >= 4 is 17.2 Å². The molecule has 0 aliphatic heterocycles. The summed E-state index contributed by atoms with van der Waals surface area (Å²) < 4.78 is 1.59. The van der Waals surface area contributed by atoms with Crippen LogP contribution in [0.15, 0.2) is 16.9 Å². The van der Waals surface area contributed by atoms with Gasteiger partial charge in [-0.3, -0.25) is 4.79 Å². The van der Waals surface area contributed by atoms with Crippen molar-refractivity contribution < 1.29 is 5.11 Å². The number of hydrogen-bond donors (Lipinski definition) is 2. The fraction of sp³-hybridized carbons (Fsp3) is 0.500. The molecule has 0 aromatic carbocycles. The molecule has 0 atom stereocenters. The molecule has 1 aromatic heterocycles. The van der Waals surface area contributed by atoms with E-state index in [4.69, 9.17) is 18.0 Å². The van der Waals surface area contributed by atoms with Gasteiger partial charge in [0.2, 0.25) is 0 Å². The van der Waals surface area contributed by atoms with Gasteiger partial charge in [0.1, 0.15) is 4.99 Å². The summed E-state index contributed by atoms with van der Waals surface area (Å²) in [5, 5.41) is 9.67. The molecule has 0 spiro atoms. The number of aromatic nitrogens is 1. The molecule has 1 aromatic rings. The molecule has 17 heavy (non-hydrogen) atoms. The minimum Gasteiger partial charge on any atom is -0.390 e. The molecule has 0 fully saturated rings. The highest BCUT2D eigenvalue weighted by atomic mass is 32.1. The van der Waals surface area contributed by atoms with E-state index in [9.17, 15) is 9.90 Å². The van der Waals surface area contributed by atoms with Gasteiger partial charge in [-0.15, -0.1) is 0 Å². The fourth-order valence-corrected chi connectivity index (χ4v) is 1.68. The summed E-state index contributed by atoms with van der Waals surface area (Å²) in [6.07, 6.45) is 0.495. The molecule has 94 valence electrons. The Balaban J connectivity index is 3.11. The third-order valence-corrected chi connectivity index (χ3v) is 2.83. The minimum atomic E-state index is -0.800. The molecule has 0 saturated heterocycles. The monoisotopic (exact) mass is 254 g/mol. The van der Waals surface area contributed by atoms with E-state index < -0.39 is 5.60 Å². The van der Waals surface area contributed by atoms with E-state index in [1.165, 1.54) is 0 Å². The number of pyridine rings is 1. The Bertz CT molecular complexity index is 486. The first-order chi connectivity index (χ1) is 7.72. The molecule has 0 aliphatic carbocycles. The SMILES string of the molecule is Cc1ccc(C(N)=S)c(=O)n1CCC(C)(C)O. The highest BCUT2D eigenvalue weighted by molar-refractivity contribution is 7.80. The first-order valence-electron chi connectivity index (χ1n) is 5.45. The molecule has 3 N–H and O–H groups in total. The molecule has 1 rings (SSSR count). The second-order valence-corrected chi connectivity index (χ2v) is 5.21. The van der Waals surface area contributed by atoms with Gasteiger partial charge in [-0.25, -0.2) is 0 Å². The maximum absolute atomic E-state index is 12.1. The molecular weight excluding hydrogens is 236 g/mol. The van der Waals surface area contributed by atoms with Gasteiger partial charge in [0.05, 0.1) is 11.2 Å². The van der Waals surface area contributed by atoms with Gasteiger partial charge in [0.15, 0.2) is 0 Å². The molecular formula is C12H18N2O2S. The Hall–Kier alpha value is -1.20. The highest BCUT2D eigenvalue weighted by Crippen LogP contribution is 2.09. The zero-order chi connectivity index (χ0) is 13.2. The minimum absolute atomic E-state index is 0.104. The third-order valence-electron chi connectivity index (χ3n) is 2.61. The van der Waals surface area contributed by atoms with Crippen LogP contribution in [0.3, 0.4) is 0 Å².